The van der Waals surface area contributed by atoms with E-state index in [1.165, 1.54) is 7.11 Å². The second kappa shape index (κ2) is 9.19. The van der Waals surface area contributed by atoms with Crippen LogP contribution in [0.25, 0.3) is 5.76 Å². The van der Waals surface area contributed by atoms with Crippen LogP contribution in [0.5, 0.6) is 5.75 Å². The third-order valence-corrected chi connectivity index (χ3v) is 5.97. The second-order valence-corrected chi connectivity index (χ2v) is 9.43. The molecule has 1 unspecified atom stereocenters. The van der Waals surface area contributed by atoms with Crippen molar-refractivity contribution in [3.63, 3.8) is 0 Å². The number of rotatable bonds is 6. The summed E-state index contributed by atoms with van der Waals surface area (Å²) in [6.07, 6.45) is 1.67. The third-order valence-electron chi connectivity index (χ3n) is 5.97. The highest BCUT2D eigenvalue weighted by molar-refractivity contribution is 6.46. The molecule has 1 saturated heterocycles. The number of Topliss-reactive ketones (excluding diaryl/α,β-unsaturated/α-hetero) is 1. The number of benzene rings is 2. The number of hydrogen-bond donors (Lipinski definition) is 1. The molecule has 0 saturated carbocycles. The summed E-state index contributed by atoms with van der Waals surface area (Å²) in [5.74, 6) is -0.971. The zero-order chi connectivity index (χ0) is 23.6. The van der Waals surface area contributed by atoms with Gasteiger partial charge in [-0.3, -0.25) is 9.59 Å². The van der Waals surface area contributed by atoms with E-state index in [4.69, 9.17) is 4.74 Å². The van der Waals surface area contributed by atoms with Gasteiger partial charge in [-0.1, -0.05) is 70.0 Å². The minimum Gasteiger partial charge on any atom is -0.507 e. The maximum absolute atomic E-state index is 13.2. The Labute approximate surface area is 190 Å². The molecular weight excluding hydrogens is 402 g/mol. The Morgan fingerprint density at radius 1 is 1.12 bits per heavy atom. The number of ketones is 1. The molecule has 1 fully saturated rings. The molecule has 0 aliphatic carbocycles. The summed E-state index contributed by atoms with van der Waals surface area (Å²) in [6.45, 7) is 10.7. The van der Waals surface area contributed by atoms with Gasteiger partial charge in [0.2, 0.25) is 0 Å². The van der Waals surface area contributed by atoms with Gasteiger partial charge in [0, 0.05) is 6.54 Å². The van der Waals surface area contributed by atoms with Crippen molar-refractivity contribution in [3.05, 3.63) is 70.3 Å². The summed E-state index contributed by atoms with van der Waals surface area (Å²) < 4.78 is 5.50. The van der Waals surface area contributed by atoms with Crippen LogP contribution in [0.4, 0.5) is 0 Å². The van der Waals surface area contributed by atoms with Crippen LogP contribution >= 0.6 is 0 Å². The maximum Gasteiger partial charge on any atom is 0.295 e. The van der Waals surface area contributed by atoms with E-state index in [1.807, 2.05) is 50.2 Å². The maximum atomic E-state index is 13.2. The number of ether oxygens (including phenoxy) is 1. The van der Waals surface area contributed by atoms with Gasteiger partial charge >= 0.3 is 0 Å². The monoisotopic (exact) mass is 435 g/mol. The molecule has 1 amide bonds. The third kappa shape index (κ3) is 4.43. The van der Waals surface area contributed by atoms with Crippen molar-refractivity contribution in [1.29, 1.82) is 0 Å². The lowest BCUT2D eigenvalue weighted by Crippen LogP contribution is -2.30. The van der Waals surface area contributed by atoms with Gasteiger partial charge in [0.25, 0.3) is 11.7 Å². The van der Waals surface area contributed by atoms with E-state index in [0.717, 1.165) is 29.5 Å². The summed E-state index contributed by atoms with van der Waals surface area (Å²) >= 11 is 0. The Morgan fingerprint density at radius 2 is 1.84 bits per heavy atom. The molecule has 2 aromatic rings. The quantitative estimate of drug-likeness (QED) is 0.368. The number of unbranched alkanes of at least 4 members (excludes halogenated alkanes) is 1. The van der Waals surface area contributed by atoms with Crippen LogP contribution in [0, 0.1) is 6.92 Å². The number of aryl methyl sites for hydroxylation is 1. The number of methoxy groups -OCH3 is 1. The van der Waals surface area contributed by atoms with Gasteiger partial charge in [0.1, 0.15) is 11.5 Å². The van der Waals surface area contributed by atoms with Crippen molar-refractivity contribution < 1.29 is 19.4 Å². The van der Waals surface area contributed by atoms with Gasteiger partial charge < -0.3 is 14.7 Å². The average molecular weight is 436 g/mol. The Kier molecular flexibility index (Phi) is 6.77. The van der Waals surface area contributed by atoms with Crippen LogP contribution in [-0.2, 0) is 15.0 Å². The smallest absolute Gasteiger partial charge is 0.295 e. The van der Waals surface area contributed by atoms with Crippen molar-refractivity contribution in [2.24, 2.45) is 0 Å². The van der Waals surface area contributed by atoms with E-state index in [2.05, 4.69) is 20.8 Å². The molecule has 5 heteroatoms. The SMILES string of the molecule is CCCCN1C(=O)C(=O)/C(=C(/O)c2cc(C(C)(C)C)ccc2OC)C1c1cccc(C)c1. The van der Waals surface area contributed by atoms with Crippen LogP contribution in [0.1, 0.15) is 68.8 Å². The van der Waals surface area contributed by atoms with Crippen LogP contribution in [0.3, 0.4) is 0 Å². The number of amides is 1. The summed E-state index contributed by atoms with van der Waals surface area (Å²) in [5.41, 5.74) is 3.20. The zero-order valence-electron chi connectivity index (χ0n) is 19.9. The molecule has 5 nitrogen and oxygen atoms in total. The number of nitrogens with zero attached hydrogens (tertiary/aromatic N) is 1. The Morgan fingerprint density at radius 3 is 2.44 bits per heavy atom. The topological polar surface area (TPSA) is 66.8 Å². The molecule has 1 atom stereocenters. The number of aliphatic hydroxyl groups is 1. The fourth-order valence-corrected chi connectivity index (χ4v) is 4.13. The molecule has 0 aromatic heterocycles. The zero-order valence-corrected chi connectivity index (χ0v) is 19.9. The van der Waals surface area contributed by atoms with Gasteiger partial charge in [-0.25, -0.2) is 0 Å². The van der Waals surface area contributed by atoms with Gasteiger partial charge in [-0.05, 0) is 42.0 Å². The Balaban J connectivity index is 2.26. The Hall–Kier alpha value is -3.08. The number of carbonyl (C=O) groups excluding carboxylic acids is 2. The van der Waals surface area contributed by atoms with Crippen molar-refractivity contribution >= 4 is 17.4 Å². The van der Waals surface area contributed by atoms with Crippen molar-refractivity contribution in [1.82, 2.24) is 4.90 Å². The van der Waals surface area contributed by atoms with E-state index in [9.17, 15) is 14.7 Å². The highest BCUT2D eigenvalue weighted by atomic mass is 16.5. The minimum atomic E-state index is -0.659. The van der Waals surface area contributed by atoms with Crippen molar-refractivity contribution in [3.8, 4) is 5.75 Å². The van der Waals surface area contributed by atoms with Gasteiger partial charge in [-0.2, -0.15) is 0 Å². The highest BCUT2D eigenvalue weighted by Gasteiger charge is 2.46. The first-order valence-electron chi connectivity index (χ1n) is 11.1. The van der Waals surface area contributed by atoms with Gasteiger partial charge in [-0.15, -0.1) is 0 Å². The van der Waals surface area contributed by atoms with Crippen LogP contribution in [0.2, 0.25) is 0 Å². The van der Waals surface area contributed by atoms with Crippen molar-refractivity contribution in [2.45, 2.75) is 58.9 Å². The van der Waals surface area contributed by atoms with Crippen LogP contribution in [0.15, 0.2) is 48.0 Å². The molecule has 0 spiro atoms. The highest BCUT2D eigenvalue weighted by Crippen LogP contribution is 2.42. The molecular formula is C27H33NO4. The minimum absolute atomic E-state index is 0.112. The van der Waals surface area contributed by atoms with E-state index in [0.29, 0.717) is 17.9 Å². The van der Waals surface area contributed by atoms with E-state index < -0.39 is 17.7 Å². The number of aliphatic hydroxyl groups excluding tert-OH is 1. The summed E-state index contributed by atoms with van der Waals surface area (Å²) in [6, 6.07) is 12.7. The molecule has 32 heavy (non-hydrogen) atoms. The molecule has 1 N–H and O–H groups in total. The number of likely N-dealkylation sites (tertiary alicyclic amines) is 1. The largest absolute Gasteiger partial charge is 0.507 e. The van der Waals surface area contributed by atoms with E-state index in [1.54, 1.807) is 11.0 Å². The van der Waals surface area contributed by atoms with E-state index >= 15 is 0 Å². The first-order valence-corrected chi connectivity index (χ1v) is 11.1. The molecule has 1 aliphatic heterocycles. The first-order chi connectivity index (χ1) is 15.1. The lowest BCUT2D eigenvalue weighted by Gasteiger charge is -2.26. The fourth-order valence-electron chi connectivity index (χ4n) is 4.13. The molecule has 1 aliphatic rings. The lowest BCUT2D eigenvalue weighted by atomic mass is 9.85. The summed E-state index contributed by atoms with van der Waals surface area (Å²) in [5, 5.41) is 11.5. The van der Waals surface area contributed by atoms with Crippen LogP contribution < -0.4 is 4.74 Å². The Bertz CT molecular complexity index is 1060. The normalized spacial score (nSPS) is 18.3. The fraction of sp³-hybridized carbons (Fsp3) is 0.407. The standard InChI is InChI=1S/C27H33NO4/c1-7-8-14-28-23(18-11-9-10-17(2)15-18)22(25(30)26(28)31)24(29)20-16-19(27(3,4)5)12-13-21(20)32-6/h9-13,15-16,23,29H,7-8,14H2,1-6H3/b24-22+. The molecule has 170 valence electrons. The predicted molar refractivity (Wildman–Crippen MR) is 127 cm³/mol. The van der Waals surface area contributed by atoms with Gasteiger partial charge in [0.05, 0.1) is 24.3 Å². The summed E-state index contributed by atoms with van der Waals surface area (Å²) in [7, 11) is 1.53. The van der Waals surface area contributed by atoms with Gasteiger partial charge in [0.15, 0.2) is 0 Å². The first kappa shape index (κ1) is 23.6. The van der Waals surface area contributed by atoms with E-state index in [-0.39, 0.29) is 16.7 Å². The summed E-state index contributed by atoms with van der Waals surface area (Å²) in [4.78, 5) is 27.8. The number of carbonyl (C=O) groups is 2. The molecule has 2 aromatic carbocycles. The molecule has 0 bridgehead atoms. The van der Waals surface area contributed by atoms with Crippen molar-refractivity contribution in [2.75, 3.05) is 13.7 Å². The predicted octanol–water partition coefficient (Wildman–Crippen LogP) is 5.52. The molecule has 3 rings (SSSR count). The lowest BCUT2D eigenvalue weighted by molar-refractivity contribution is -0.139. The molecule has 0 radical (unpaired) electrons. The average Bonchev–Trinajstić information content (AvgIpc) is 3.00. The van der Waals surface area contributed by atoms with Crippen LogP contribution in [-0.4, -0.2) is 35.4 Å². The second-order valence-electron chi connectivity index (χ2n) is 9.43. The number of hydrogen-bond acceptors (Lipinski definition) is 4. The molecule has 1 heterocycles.